The molecule has 0 spiro atoms. The van der Waals surface area contributed by atoms with E-state index in [0.29, 0.717) is 21.8 Å². The Morgan fingerprint density at radius 2 is 2.14 bits per heavy atom. The Morgan fingerprint density at radius 1 is 1.24 bits per heavy atom. The fourth-order valence-electron chi connectivity index (χ4n) is 1.49. The molecule has 0 aromatic carbocycles. The monoisotopic (exact) mass is 318 g/mol. The first-order valence-corrected chi connectivity index (χ1v) is 7.65. The van der Waals surface area contributed by atoms with E-state index < -0.39 is 0 Å². The van der Waals surface area contributed by atoms with Gasteiger partial charge in [0, 0.05) is 11.6 Å². The number of amides is 1. The van der Waals surface area contributed by atoms with Gasteiger partial charge < -0.3 is 5.32 Å². The van der Waals surface area contributed by atoms with Crippen molar-refractivity contribution < 1.29 is 4.79 Å². The smallest absolute Gasteiger partial charge is 0.277 e. The summed E-state index contributed by atoms with van der Waals surface area (Å²) in [6.07, 6.45) is 1.68. The van der Waals surface area contributed by atoms with Crippen LogP contribution in [0.5, 0.6) is 0 Å². The van der Waals surface area contributed by atoms with Gasteiger partial charge in [0.05, 0.1) is 0 Å². The van der Waals surface area contributed by atoms with Crippen LogP contribution in [0.4, 0.5) is 16.1 Å². The molecule has 0 aliphatic heterocycles. The Morgan fingerprint density at radius 3 is 2.86 bits per heavy atom. The second-order valence-electron chi connectivity index (χ2n) is 3.96. The molecule has 0 atom stereocenters. The summed E-state index contributed by atoms with van der Waals surface area (Å²) < 4.78 is 0. The number of aromatic nitrogens is 4. The number of hydrogen-bond acceptors (Lipinski definition) is 8. The van der Waals surface area contributed by atoms with Gasteiger partial charge in [0.2, 0.25) is 5.13 Å². The molecule has 0 radical (unpaired) electrons. The van der Waals surface area contributed by atoms with Crippen molar-refractivity contribution in [2.24, 2.45) is 0 Å². The van der Waals surface area contributed by atoms with Crippen LogP contribution in [-0.2, 0) is 0 Å². The zero-order valence-corrected chi connectivity index (χ0v) is 12.5. The summed E-state index contributed by atoms with van der Waals surface area (Å²) in [5.74, 6) is 0.370. The summed E-state index contributed by atoms with van der Waals surface area (Å²) in [6, 6.07) is 5.52. The predicted octanol–water partition coefficient (Wildman–Crippen LogP) is 2.69. The molecule has 0 saturated carbocycles. The molecule has 0 aliphatic rings. The van der Waals surface area contributed by atoms with Crippen LogP contribution in [-0.4, -0.2) is 26.1 Å². The Labute approximate surface area is 128 Å². The lowest BCUT2D eigenvalue weighted by atomic mass is 10.4. The standard InChI is InChI=1S/C12H10N6OS2/c1-7-17-18-12(21-7)16-10(19)8-6-20-11(14-8)15-9-4-2-3-5-13-9/h2-6H,1H3,(H,13,14,15)(H,16,18,19). The average Bonchev–Trinajstić information content (AvgIpc) is 3.09. The van der Waals surface area contributed by atoms with Gasteiger partial charge in [-0.3, -0.25) is 10.1 Å². The van der Waals surface area contributed by atoms with Gasteiger partial charge >= 0.3 is 0 Å². The molecule has 3 aromatic rings. The Bertz CT molecular complexity index is 754. The fourth-order valence-corrected chi connectivity index (χ4v) is 2.77. The molecule has 2 N–H and O–H groups in total. The molecule has 3 heterocycles. The van der Waals surface area contributed by atoms with Crippen LogP contribution in [0.15, 0.2) is 29.8 Å². The van der Waals surface area contributed by atoms with Crippen LogP contribution in [0, 0.1) is 6.92 Å². The number of rotatable bonds is 4. The summed E-state index contributed by atoms with van der Waals surface area (Å²) >= 11 is 2.65. The lowest BCUT2D eigenvalue weighted by Crippen LogP contribution is -2.12. The number of carbonyl (C=O) groups is 1. The van der Waals surface area contributed by atoms with Gasteiger partial charge in [0.15, 0.2) is 5.13 Å². The van der Waals surface area contributed by atoms with Crippen molar-refractivity contribution in [2.75, 3.05) is 10.6 Å². The number of nitrogens with zero attached hydrogens (tertiary/aromatic N) is 4. The Hall–Kier alpha value is -2.39. The Balaban J connectivity index is 1.68. The van der Waals surface area contributed by atoms with Crippen molar-refractivity contribution in [3.05, 3.63) is 40.5 Å². The van der Waals surface area contributed by atoms with E-state index in [0.717, 1.165) is 5.01 Å². The van der Waals surface area contributed by atoms with Gasteiger partial charge in [-0.25, -0.2) is 9.97 Å². The number of carbonyl (C=O) groups excluding carboxylic acids is 1. The van der Waals surface area contributed by atoms with Crippen molar-refractivity contribution in [3.8, 4) is 0 Å². The maximum absolute atomic E-state index is 12.0. The van der Waals surface area contributed by atoms with E-state index in [9.17, 15) is 4.79 Å². The SMILES string of the molecule is Cc1nnc(NC(=O)c2csc(Nc3ccccn3)n2)s1. The van der Waals surface area contributed by atoms with Gasteiger partial charge in [-0.15, -0.1) is 21.5 Å². The van der Waals surface area contributed by atoms with Crippen molar-refractivity contribution in [2.45, 2.75) is 6.92 Å². The minimum absolute atomic E-state index is 0.309. The van der Waals surface area contributed by atoms with Gasteiger partial charge in [-0.05, 0) is 19.1 Å². The molecule has 0 saturated heterocycles. The lowest BCUT2D eigenvalue weighted by Gasteiger charge is -1.99. The molecule has 0 bridgehead atoms. The topological polar surface area (TPSA) is 92.7 Å². The highest BCUT2D eigenvalue weighted by Crippen LogP contribution is 2.21. The summed E-state index contributed by atoms with van der Waals surface area (Å²) in [6.45, 7) is 1.82. The van der Waals surface area contributed by atoms with Crippen molar-refractivity contribution >= 4 is 44.7 Å². The quantitative estimate of drug-likeness (QED) is 0.768. The fraction of sp³-hybridized carbons (Fsp3) is 0.0833. The summed E-state index contributed by atoms with van der Waals surface area (Å²) in [7, 11) is 0. The first-order chi connectivity index (χ1) is 10.2. The number of nitrogens with one attached hydrogen (secondary N) is 2. The summed E-state index contributed by atoms with van der Waals surface area (Å²) in [5, 5.41) is 16.9. The highest BCUT2D eigenvalue weighted by atomic mass is 32.1. The van der Waals surface area contributed by atoms with Gasteiger partial charge in [0.1, 0.15) is 16.5 Å². The molecular formula is C12H10N6OS2. The van der Waals surface area contributed by atoms with E-state index in [1.165, 1.54) is 22.7 Å². The number of anilines is 3. The van der Waals surface area contributed by atoms with Gasteiger partial charge in [-0.1, -0.05) is 17.4 Å². The minimum Gasteiger partial charge on any atom is -0.316 e. The van der Waals surface area contributed by atoms with E-state index in [1.807, 2.05) is 25.1 Å². The molecule has 106 valence electrons. The summed E-state index contributed by atoms with van der Waals surface area (Å²) in [5.41, 5.74) is 0.325. The first-order valence-electron chi connectivity index (χ1n) is 5.96. The zero-order chi connectivity index (χ0) is 14.7. The number of hydrogen-bond donors (Lipinski definition) is 2. The largest absolute Gasteiger partial charge is 0.316 e. The zero-order valence-electron chi connectivity index (χ0n) is 10.9. The molecule has 21 heavy (non-hydrogen) atoms. The van der Waals surface area contributed by atoms with Gasteiger partial charge in [0.25, 0.3) is 5.91 Å². The highest BCUT2D eigenvalue weighted by molar-refractivity contribution is 7.15. The van der Waals surface area contributed by atoms with Crippen LogP contribution in [0.1, 0.15) is 15.5 Å². The molecule has 0 fully saturated rings. The second-order valence-corrected chi connectivity index (χ2v) is 6.00. The molecular weight excluding hydrogens is 308 g/mol. The molecule has 1 amide bonds. The average molecular weight is 318 g/mol. The third-order valence-corrected chi connectivity index (χ3v) is 3.90. The number of pyridine rings is 1. The van der Waals surface area contributed by atoms with E-state index in [2.05, 4.69) is 30.8 Å². The molecule has 9 heteroatoms. The van der Waals surface area contributed by atoms with E-state index in [1.54, 1.807) is 11.6 Å². The highest BCUT2D eigenvalue weighted by Gasteiger charge is 2.13. The molecule has 3 rings (SSSR count). The van der Waals surface area contributed by atoms with Crippen LogP contribution in [0.3, 0.4) is 0 Å². The summed E-state index contributed by atoms with van der Waals surface area (Å²) in [4.78, 5) is 20.4. The second kappa shape index (κ2) is 5.94. The van der Waals surface area contributed by atoms with E-state index in [-0.39, 0.29) is 5.91 Å². The van der Waals surface area contributed by atoms with E-state index >= 15 is 0 Å². The van der Waals surface area contributed by atoms with Crippen LogP contribution >= 0.6 is 22.7 Å². The van der Waals surface area contributed by atoms with Gasteiger partial charge in [-0.2, -0.15) is 0 Å². The van der Waals surface area contributed by atoms with Crippen LogP contribution in [0.2, 0.25) is 0 Å². The molecule has 0 unspecified atom stereocenters. The number of thiazole rings is 1. The lowest BCUT2D eigenvalue weighted by molar-refractivity contribution is 0.102. The van der Waals surface area contributed by atoms with Crippen molar-refractivity contribution in [1.82, 2.24) is 20.2 Å². The Kier molecular flexibility index (Phi) is 3.84. The first kappa shape index (κ1) is 13.6. The van der Waals surface area contributed by atoms with Crippen LogP contribution < -0.4 is 10.6 Å². The van der Waals surface area contributed by atoms with E-state index in [4.69, 9.17) is 0 Å². The minimum atomic E-state index is -0.309. The molecule has 3 aromatic heterocycles. The molecule has 0 aliphatic carbocycles. The number of aryl methyl sites for hydroxylation is 1. The predicted molar refractivity (Wildman–Crippen MR) is 82.2 cm³/mol. The maximum atomic E-state index is 12.0. The maximum Gasteiger partial charge on any atom is 0.277 e. The normalized spacial score (nSPS) is 10.3. The third-order valence-electron chi connectivity index (χ3n) is 2.38. The van der Waals surface area contributed by atoms with Crippen LogP contribution in [0.25, 0.3) is 0 Å². The third kappa shape index (κ3) is 3.38. The van der Waals surface area contributed by atoms with Crippen molar-refractivity contribution in [1.29, 1.82) is 0 Å². The molecule has 7 nitrogen and oxygen atoms in total. The van der Waals surface area contributed by atoms with Crippen molar-refractivity contribution in [3.63, 3.8) is 0 Å².